The van der Waals surface area contributed by atoms with Crippen LogP contribution in [0.2, 0.25) is 0 Å². The Morgan fingerprint density at radius 1 is 1.07 bits per heavy atom. The molecule has 0 saturated carbocycles. The van der Waals surface area contributed by atoms with Crippen LogP contribution in [0.1, 0.15) is 64.8 Å². The number of rotatable bonds is 4. The average Bonchev–Trinajstić information content (AvgIpc) is 3.18. The van der Waals surface area contributed by atoms with Crippen LogP contribution in [0.3, 0.4) is 0 Å². The fraction of sp³-hybridized carbons (Fsp3) is 0.545. The van der Waals surface area contributed by atoms with E-state index in [0.717, 1.165) is 68.3 Å². The molecule has 0 bridgehead atoms. The fourth-order valence-corrected chi connectivity index (χ4v) is 4.85. The molecule has 2 fully saturated rings. The van der Waals surface area contributed by atoms with Crippen LogP contribution >= 0.6 is 11.3 Å². The molecule has 0 unspecified atom stereocenters. The molecule has 0 N–H and O–H groups in total. The van der Waals surface area contributed by atoms with Crippen molar-refractivity contribution >= 4 is 23.2 Å². The third-order valence-corrected chi connectivity index (χ3v) is 6.76. The zero-order chi connectivity index (χ0) is 20.2. The van der Waals surface area contributed by atoms with Crippen LogP contribution in [0.15, 0.2) is 23.7 Å². The van der Waals surface area contributed by atoms with Crippen molar-refractivity contribution in [2.24, 2.45) is 0 Å². The summed E-state index contributed by atoms with van der Waals surface area (Å²) in [5.74, 6) is 0.602. The van der Waals surface area contributed by atoms with Crippen molar-refractivity contribution in [2.75, 3.05) is 26.2 Å². The molecular weight excluding hydrogens is 384 g/mol. The lowest BCUT2D eigenvalue weighted by atomic mass is 9.92. The Kier molecular flexibility index (Phi) is 6.23. The van der Waals surface area contributed by atoms with E-state index in [1.54, 1.807) is 17.5 Å². The molecule has 0 atom stereocenters. The molecule has 0 aromatic carbocycles. The molecule has 0 radical (unpaired) electrons. The van der Waals surface area contributed by atoms with Gasteiger partial charge in [0, 0.05) is 49.4 Å². The third kappa shape index (κ3) is 4.83. The van der Waals surface area contributed by atoms with E-state index in [1.165, 1.54) is 6.42 Å². The first-order valence-electron chi connectivity index (χ1n) is 10.5. The number of pyridine rings is 1. The van der Waals surface area contributed by atoms with Gasteiger partial charge in [-0.2, -0.15) is 0 Å². The molecule has 6 nitrogen and oxygen atoms in total. The minimum atomic E-state index is 0.0986. The Hall–Kier alpha value is -2.28. The molecule has 154 valence electrons. The van der Waals surface area contributed by atoms with Crippen LogP contribution in [-0.4, -0.2) is 57.8 Å². The largest absolute Gasteiger partial charge is 0.342 e. The SMILES string of the molecule is Cc1nc(CC(=O)N2CCC(c3ccc(C(=O)N4CCCCC4)cn3)CC2)cs1. The molecule has 0 spiro atoms. The summed E-state index contributed by atoms with van der Waals surface area (Å²) in [6.45, 7) is 5.18. The van der Waals surface area contributed by atoms with Gasteiger partial charge in [0.15, 0.2) is 0 Å². The van der Waals surface area contributed by atoms with Gasteiger partial charge in [0.25, 0.3) is 5.91 Å². The van der Waals surface area contributed by atoms with Gasteiger partial charge in [0.1, 0.15) is 0 Å². The molecule has 2 saturated heterocycles. The van der Waals surface area contributed by atoms with Crippen LogP contribution in [-0.2, 0) is 11.2 Å². The van der Waals surface area contributed by atoms with Crippen LogP contribution in [0.5, 0.6) is 0 Å². The number of nitrogens with zero attached hydrogens (tertiary/aromatic N) is 4. The summed E-state index contributed by atoms with van der Waals surface area (Å²) in [4.78, 5) is 38.0. The van der Waals surface area contributed by atoms with E-state index >= 15 is 0 Å². The summed E-state index contributed by atoms with van der Waals surface area (Å²) in [6.07, 6.45) is 7.34. The predicted octanol–water partition coefficient (Wildman–Crippen LogP) is 3.42. The number of hydrogen-bond acceptors (Lipinski definition) is 5. The van der Waals surface area contributed by atoms with Gasteiger partial charge in [-0.25, -0.2) is 4.98 Å². The van der Waals surface area contributed by atoms with E-state index < -0.39 is 0 Å². The van der Waals surface area contributed by atoms with Gasteiger partial charge < -0.3 is 9.80 Å². The van der Waals surface area contributed by atoms with Crippen LogP contribution < -0.4 is 0 Å². The number of piperidine rings is 2. The first-order valence-corrected chi connectivity index (χ1v) is 11.4. The van der Waals surface area contributed by atoms with Gasteiger partial charge in [0.05, 0.1) is 22.7 Å². The molecule has 7 heteroatoms. The van der Waals surface area contributed by atoms with Crippen molar-refractivity contribution in [3.8, 4) is 0 Å². The Bertz CT molecular complexity index is 850. The van der Waals surface area contributed by atoms with E-state index in [2.05, 4.69) is 9.97 Å². The molecule has 4 heterocycles. The van der Waals surface area contributed by atoms with Crippen LogP contribution in [0.4, 0.5) is 0 Å². The van der Waals surface area contributed by atoms with Crippen LogP contribution in [0.25, 0.3) is 0 Å². The number of amides is 2. The lowest BCUT2D eigenvalue weighted by Gasteiger charge is -2.32. The minimum Gasteiger partial charge on any atom is -0.342 e. The van der Waals surface area contributed by atoms with Crippen molar-refractivity contribution in [3.05, 3.63) is 45.7 Å². The van der Waals surface area contributed by atoms with Crippen molar-refractivity contribution < 1.29 is 9.59 Å². The number of carbonyl (C=O) groups is 2. The van der Waals surface area contributed by atoms with E-state index in [0.29, 0.717) is 17.9 Å². The van der Waals surface area contributed by atoms with Gasteiger partial charge in [-0.15, -0.1) is 11.3 Å². The van der Waals surface area contributed by atoms with Gasteiger partial charge >= 0.3 is 0 Å². The Morgan fingerprint density at radius 3 is 2.45 bits per heavy atom. The normalized spacial score (nSPS) is 18.1. The summed E-state index contributed by atoms with van der Waals surface area (Å²) in [5.41, 5.74) is 2.58. The third-order valence-electron chi connectivity index (χ3n) is 5.94. The molecule has 4 rings (SSSR count). The predicted molar refractivity (Wildman–Crippen MR) is 113 cm³/mol. The summed E-state index contributed by atoms with van der Waals surface area (Å²) >= 11 is 1.59. The fourth-order valence-electron chi connectivity index (χ4n) is 4.23. The van der Waals surface area contributed by atoms with E-state index in [1.807, 2.05) is 34.2 Å². The lowest BCUT2D eigenvalue weighted by Crippen LogP contribution is -2.39. The van der Waals surface area contributed by atoms with Crippen molar-refractivity contribution in [1.29, 1.82) is 0 Å². The second-order valence-electron chi connectivity index (χ2n) is 8.01. The number of hydrogen-bond donors (Lipinski definition) is 0. The van der Waals surface area contributed by atoms with Crippen molar-refractivity contribution in [2.45, 2.75) is 51.4 Å². The maximum Gasteiger partial charge on any atom is 0.255 e. The highest BCUT2D eigenvalue weighted by molar-refractivity contribution is 7.09. The number of aromatic nitrogens is 2. The molecule has 2 aromatic rings. The minimum absolute atomic E-state index is 0.0986. The topological polar surface area (TPSA) is 66.4 Å². The highest BCUT2D eigenvalue weighted by Crippen LogP contribution is 2.27. The molecule has 2 aromatic heterocycles. The average molecular weight is 413 g/mol. The van der Waals surface area contributed by atoms with Gasteiger partial charge in [-0.3, -0.25) is 14.6 Å². The van der Waals surface area contributed by atoms with E-state index in [4.69, 9.17) is 0 Å². The molecule has 0 aliphatic carbocycles. The molecule has 29 heavy (non-hydrogen) atoms. The standard InChI is InChI=1S/C22H28N4O2S/c1-16-24-19(15-29-16)13-21(27)25-11-7-17(8-12-25)20-6-5-18(14-23-20)22(28)26-9-3-2-4-10-26/h5-6,14-15,17H,2-4,7-13H2,1H3. The molecule has 2 amide bonds. The Morgan fingerprint density at radius 2 is 1.83 bits per heavy atom. The molecular formula is C22H28N4O2S. The molecule has 2 aliphatic heterocycles. The Balaban J connectivity index is 1.30. The second kappa shape index (κ2) is 9.03. The van der Waals surface area contributed by atoms with E-state index in [9.17, 15) is 9.59 Å². The maximum absolute atomic E-state index is 12.6. The maximum atomic E-state index is 12.6. The smallest absolute Gasteiger partial charge is 0.255 e. The number of aryl methyl sites for hydroxylation is 1. The highest BCUT2D eigenvalue weighted by Gasteiger charge is 2.25. The monoisotopic (exact) mass is 412 g/mol. The number of likely N-dealkylation sites (tertiary alicyclic amines) is 2. The Labute approximate surface area is 176 Å². The van der Waals surface area contributed by atoms with Gasteiger partial charge in [-0.1, -0.05) is 0 Å². The van der Waals surface area contributed by atoms with E-state index in [-0.39, 0.29) is 11.8 Å². The zero-order valence-electron chi connectivity index (χ0n) is 17.0. The number of thiazole rings is 1. The first kappa shape index (κ1) is 20.0. The van der Waals surface area contributed by atoms with Crippen molar-refractivity contribution in [3.63, 3.8) is 0 Å². The molecule has 2 aliphatic rings. The highest BCUT2D eigenvalue weighted by atomic mass is 32.1. The number of carbonyl (C=O) groups excluding carboxylic acids is 2. The summed E-state index contributed by atoms with van der Waals surface area (Å²) in [5, 5.41) is 2.97. The summed E-state index contributed by atoms with van der Waals surface area (Å²) in [6, 6.07) is 3.92. The van der Waals surface area contributed by atoms with Crippen LogP contribution in [0, 0.1) is 6.92 Å². The van der Waals surface area contributed by atoms with Crippen molar-refractivity contribution in [1.82, 2.24) is 19.8 Å². The summed E-state index contributed by atoms with van der Waals surface area (Å²) < 4.78 is 0. The van der Waals surface area contributed by atoms with Gasteiger partial charge in [-0.05, 0) is 51.2 Å². The lowest BCUT2D eigenvalue weighted by molar-refractivity contribution is -0.131. The van der Waals surface area contributed by atoms with Gasteiger partial charge in [0.2, 0.25) is 5.91 Å². The first-order chi connectivity index (χ1) is 14.1. The quantitative estimate of drug-likeness (QED) is 0.772. The second-order valence-corrected chi connectivity index (χ2v) is 9.08. The summed E-state index contributed by atoms with van der Waals surface area (Å²) in [7, 11) is 0. The zero-order valence-corrected chi connectivity index (χ0v) is 17.8.